The number of hydrogen-bond acceptors (Lipinski definition) is 8. The monoisotopic (exact) mass is 460 g/mol. The van der Waals surface area contributed by atoms with Crippen molar-refractivity contribution in [2.24, 2.45) is 5.92 Å². The van der Waals surface area contributed by atoms with Gasteiger partial charge in [-0.1, -0.05) is 6.07 Å². The summed E-state index contributed by atoms with van der Waals surface area (Å²) >= 11 is 0. The van der Waals surface area contributed by atoms with E-state index in [-0.39, 0.29) is 6.10 Å². The maximum atomic E-state index is 12.1. The Balaban J connectivity index is 1.12. The van der Waals surface area contributed by atoms with E-state index in [4.69, 9.17) is 19.2 Å². The number of carbonyl (C=O) groups is 2. The van der Waals surface area contributed by atoms with Crippen molar-refractivity contribution in [3.63, 3.8) is 0 Å². The van der Waals surface area contributed by atoms with Gasteiger partial charge >= 0.3 is 12.1 Å². The second-order valence-corrected chi connectivity index (χ2v) is 9.66. The highest BCUT2D eigenvalue weighted by Gasteiger charge is 2.37. The number of nitrogens with one attached hydrogen (secondary N) is 3. The van der Waals surface area contributed by atoms with Crippen LogP contribution >= 0.6 is 0 Å². The van der Waals surface area contributed by atoms with Crippen molar-refractivity contribution in [1.82, 2.24) is 15.6 Å². The van der Waals surface area contributed by atoms with Crippen molar-refractivity contribution in [2.45, 2.75) is 69.6 Å². The van der Waals surface area contributed by atoms with E-state index in [0.717, 1.165) is 50.2 Å². The number of hydrogen-bond donors (Lipinski definition) is 3. The van der Waals surface area contributed by atoms with Crippen molar-refractivity contribution in [1.29, 1.82) is 0 Å². The van der Waals surface area contributed by atoms with Crippen LogP contribution in [0.4, 0.5) is 10.6 Å². The first-order valence-corrected chi connectivity index (χ1v) is 12.1. The van der Waals surface area contributed by atoms with Gasteiger partial charge in [-0.25, -0.2) is 14.6 Å². The van der Waals surface area contributed by atoms with Crippen molar-refractivity contribution in [3.8, 4) is 0 Å². The van der Waals surface area contributed by atoms with Crippen molar-refractivity contribution < 1.29 is 23.8 Å². The Hall–Kier alpha value is -2.39. The van der Waals surface area contributed by atoms with E-state index in [2.05, 4.69) is 28.1 Å². The van der Waals surface area contributed by atoms with Gasteiger partial charge in [0.25, 0.3) is 0 Å². The van der Waals surface area contributed by atoms with Crippen LogP contribution in [0.25, 0.3) is 0 Å². The number of methoxy groups -OCH3 is 1. The molecule has 9 nitrogen and oxygen atoms in total. The number of aromatic nitrogens is 1. The third-order valence-electron chi connectivity index (χ3n) is 6.83. The fraction of sp³-hybridized carbons (Fsp3) is 0.708. The van der Waals surface area contributed by atoms with Crippen LogP contribution in [-0.2, 0) is 31.8 Å². The lowest BCUT2D eigenvalue weighted by Gasteiger charge is -2.38. The summed E-state index contributed by atoms with van der Waals surface area (Å²) in [6, 6.07) is 3.59. The van der Waals surface area contributed by atoms with Crippen LogP contribution in [0.1, 0.15) is 50.3 Å². The molecule has 3 aliphatic rings. The number of amides is 1. The zero-order chi connectivity index (χ0) is 23.3. The van der Waals surface area contributed by atoms with Crippen molar-refractivity contribution in [3.05, 3.63) is 23.4 Å². The Labute approximate surface area is 195 Å². The Kier molecular flexibility index (Phi) is 7.70. The Bertz CT molecular complexity index is 838. The number of carbonyl (C=O) groups excluding carboxylic acids is 2. The molecule has 0 aromatic carbocycles. The number of pyridine rings is 1. The van der Waals surface area contributed by atoms with Gasteiger partial charge in [-0.05, 0) is 63.0 Å². The standard InChI is InChI=1S/C24H36N4O5/c1-24(14-25-15-24)33-23(30)28-20(22(29)31-2)9-11-32-19-12-16(13-19)5-7-18-8-6-17-4-3-10-26-21(17)27-18/h6,8,16,19-20,25H,3-5,7,9-15H2,1-2H3,(H,26,27)(H,28,30)/t16?,19?,20-/m0/s1. The third kappa shape index (κ3) is 6.35. The lowest BCUT2D eigenvalue weighted by molar-refractivity contribution is -0.144. The summed E-state index contributed by atoms with van der Waals surface area (Å²) in [6.45, 7) is 4.46. The summed E-state index contributed by atoms with van der Waals surface area (Å²) in [5.41, 5.74) is 1.95. The highest BCUT2D eigenvalue weighted by molar-refractivity contribution is 5.81. The number of nitrogens with zero attached hydrogens (tertiary/aromatic N) is 1. The summed E-state index contributed by atoms with van der Waals surface area (Å²) in [5, 5.41) is 9.08. The minimum Gasteiger partial charge on any atom is -0.467 e. The van der Waals surface area contributed by atoms with E-state index < -0.39 is 23.7 Å². The first-order valence-electron chi connectivity index (χ1n) is 12.1. The summed E-state index contributed by atoms with van der Waals surface area (Å²) in [4.78, 5) is 29.0. The number of esters is 1. The normalized spacial score (nSPS) is 23.7. The molecule has 9 heteroatoms. The quantitative estimate of drug-likeness (QED) is 0.456. The largest absolute Gasteiger partial charge is 0.467 e. The maximum absolute atomic E-state index is 12.1. The topological polar surface area (TPSA) is 111 Å². The molecule has 2 aliphatic heterocycles. The van der Waals surface area contributed by atoms with Crippen molar-refractivity contribution >= 4 is 17.9 Å². The number of anilines is 1. The zero-order valence-corrected chi connectivity index (χ0v) is 19.7. The molecule has 33 heavy (non-hydrogen) atoms. The summed E-state index contributed by atoms with van der Waals surface area (Å²) in [6.07, 6.45) is 6.37. The van der Waals surface area contributed by atoms with E-state index in [1.54, 1.807) is 0 Å². The molecule has 1 atom stereocenters. The number of ether oxygens (including phenoxy) is 3. The molecule has 2 fully saturated rings. The van der Waals surface area contributed by atoms with Crippen LogP contribution in [0.3, 0.4) is 0 Å². The molecule has 1 aliphatic carbocycles. The van der Waals surface area contributed by atoms with Gasteiger partial charge in [-0.3, -0.25) is 0 Å². The third-order valence-corrected chi connectivity index (χ3v) is 6.83. The maximum Gasteiger partial charge on any atom is 0.408 e. The Morgan fingerprint density at radius 2 is 2.12 bits per heavy atom. The molecule has 1 amide bonds. The highest BCUT2D eigenvalue weighted by Crippen LogP contribution is 2.34. The highest BCUT2D eigenvalue weighted by atomic mass is 16.6. The van der Waals surface area contributed by atoms with Gasteiger partial charge in [0.1, 0.15) is 17.5 Å². The molecule has 0 unspecified atom stereocenters. The molecule has 1 aromatic heterocycles. The molecule has 0 bridgehead atoms. The molecule has 1 saturated heterocycles. The van der Waals surface area contributed by atoms with Crippen LogP contribution in [0.2, 0.25) is 0 Å². The smallest absolute Gasteiger partial charge is 0.408 e. The Morgan fingerprint density at radius 3 is 2.85 bits per heavy atom. The minimum atomic E-state index is -0.779. The van der Waals surface area contributed by atoms with E-state index in [1.807, 2.05) is 6.92 Å². The average molecular weight is 461 g/mol. The number of aryl methyl sites for hydroxylation is 2. The van der Waals surface area contributed by atoms with Gasteiger partial charge in [0, 0.05) is 38.4 Å². The molecule has 182 valence electrons. The van der Waals surface area contributed by atoms with E-state index in [1.165, 1.54) is 19.1 Å². The van der Waals surface area contributed by atoms with Gasteiger partial charge in [-0.15, -0.1) is 0 Å². The van der Waals surface area contributed by atoms with Crippen LogP contribution in [0.5, 0.6) is 0 Å². The first kappa shape index (κ1) is 23.8. The van der Waals surface area contributed by atoms with Crippen molar-refractivity contribution in [2.75, 3.05) is 38.7 Å². The van der Waals surface area contributed by atoms with Gasteiger partial charge in [0.2, 0.25) is 0 Å². The molecular formula is C24H36N4O5. The summed E-state index contributed by atoms with van der Waals surface area (Å²) < 4.78 is 16.2. The number of alkyl carbamates (subject to hydrolysis) is 1. The summed E-state index contributed by atoms with van der Waals surface area (Å²) in [5.74, 6) is 1.21. The van der Waals surface area contributed by atoms with E-state index in [9.17, 15) is 9.59 Å². The van der Waals surface area contributed by atoms with Gasteiger partial charge in [0.15, 0.2) is 0 Å². The average Bonchev–Trinajstić information content (AvgIpc) is 2.77. The minimum absolute atomic E-state index is 0.207. The van der Waals surface area contributed by atoms with Gasteiger partial charge < -0.3 is 30.2 Å². The Morgan fingerprint density at radius 1 is 1.30 bits per heavy atom. The lowest BCUT2D eigenvalue weighted by Crippen LogP contribution is -2.61. The summed E-state index contributed by atoms with van der Waals surface area (Å²) in [7, 11) is 1.31. The van der Waals surface area contributed by atoms with Crippen LogP contribution < -0.4 is 16.0 Å². The molecule has 1 saturated carbocycles. The lowest BCUT2D eigenvalue weighted by atomic mass is 9.79. The van der Waals surface area contributed by atoms with Gasteiger partial charge in [0.05, 0.1) is 13.2 Å². The number of rotatable bonds is 10. The molecule has 0 radical (unpaired) electrons. The molecule has 0 spiro atoms. The van der Waals surface area contributed by atoms with Crippen LogP contribution in [0, 0.1) is 5.92 Å². The second kappa shape index (κ2) is 10.7. The predicted molar refractivity (Wildman–Crippen MR) is 123 cm³/mol. The van der Waals surface area contributed by atoms with E-state index in [0.29, 0.717) is 32.0 Å². The molecule has 3 heterocycles. The van der Waals surface area contributed by atoms with E-state index >= 15 is 0 Å². The predicted octanol–water partition coefficient (Wildman–Crippen LogP) is 2.19. The molecular weight excluding hydrogens is 424 g/mol. The molecule has 1 aromatic rings. The zero-order valence-electron chi connectivity index (χ0n) is 19.7. The van der Waals surface area contributed by atoms with Crippen LogP contribution in [-0.4, -0.2) is 68.1 Å². The van der Waals surface area contributed by atoms with Gasteiger partial charge in [-0.2, -0.15) is 0 Å². The molecule has 4 rings (SSSR count). The fourth-order valence-electron chi connectivity index (χ4n) is 4.59. The number of fused-ring (bicyclic) bond motifs is 1. The molecule has 3 N–H and O–H groups in total. The fourth-order valence-corrected chi connectivity index (χ4v) is 4.59. The SMILES string of the molecule is COC(=O)[C@H](CCOC1CC(CCc2ccc3c(n2)NCCC3)C1)NC(=O)OC1(C)CNC1. The van der Waals surface area contributed by atoms with Crippen LogP contribution in [0.15, 0.2) is 12.1 Å². The first-order chi connectivity index (χ1) is 15.9. The second-order valence-electron chi connectivity index (χ2n) is 9.66.